The van der Waals surface area contributed by atoms with E-state index in [4.69, 9.17) is 22.1 Å². The second-order valence-electron chi connectivity index (χ2n) is 4.17. The normalized spacial score (nSPS) is 14.1. The fourth-order valence-electron chi connectivity index (χ4n) is 1.10. The lowest BCUT2D eigenvalue weighted by molar-refractivity contribution is -0.385. The smallest absolute Gasteiger partial charge is 0.311 e. The maximum absolute atomic E-state index is 10.8. The monoisotopic (exact) mass is 258 g/mol. The van der Waals surface area contributed by atoms with Crippen molar-refractivity contribution in [2.24, 2.45) is 5.73 Å². The Morgan fingerprint density at radius 3 is 2.76 bits per heavy atom. The number of rotatable bonds is 5. The molecule has 0 aliphatic heterocycles. The molecular weight excluding hydrogens is 244 g/mol. The van der Waals surface area contributed by atoms with Crippen LogP contribution in [0.1, 0.15) is 20.3 Å². The molecule has 1 aromatic carbocycles. The van der Waals surface area contributed by atoms with Gasteiger partial charge in [0.1, 0.15) is 6.61 Å². The van der Waals surface area contributed by atoms with Crippen molar-refractivity contribution in [3.05, 3.63) is 33.3 Å². The molecule has 0 saturated carbocycles. The lowest BCUT2D eigenvalue weighted by atomic mass is 10.0. The number of hydrogen-bond acceptors (Lipinski definition) is 4. The van der Waals surface area contributed by atoms with E-state index in [1.807, 2.05) is 13.8 Å². The summed E-state index contributed by atoms with van der Waals surface area (Å²) in [6, 6.07) is 4.19. The Kier molecular flexibility index (Phi) is 4.31. The molecule has 1 unspecified atom stereocenters. The number of nitro groups is 1. The molecule has 5 nitrogen and oxygen atoms in total. The van der Waals surface area contributed by atoms with Crippen LogP contribution in [0.4, 0.5) is 5.69 Å². The fourth-order valence-corrected chi connectivity index (χ4v) is 1.26. The molecule has 6 heteroatoms. The molecule has 1 rings (SSSR count). The standard InChI is InChI=1S/C11H15ClN2O3/c1-3-11(2,13)7-17-10-6-8(12)4-5-9(10)14(15)16/h4-6H,3,7,13H2,1-2H3. The molecule has 1 atom stereocenters. The topological polar surface area (TPSA) is 78.4 Å². The summed E-state index contributed by atoms with van der Waals surface area (Å²) < 4.78 is 5.38. The predicted molar refractivity (Wildman–Crippen MR) is 66.5 cm³/mol. The quantitative estimate of drug-likeness (QED) is 0.651. The Labute approximate surface area is 105 Å². The van der Waals surface area contributed by atoms with E-state index in [1.54, 1.807) is 0 Å². The SMILES string of the molecule is CCC(C)(N)COc1cc(Cl)ccc1[N+](=O)[O-]. The highest BCUT2D eigenvalue weighted by atomic mass is 35.5. The molecule has 2 N–H and O–H groups in total. The lowest BCUT2D eigenvalue weighted by Crippen LogP contribution is -2.41. The van der Waals surface area contributed by atoms with Crippen LogP contribution in [-0.2, 0) is 0 Å². The number of nitro benzene ring substituents is 1. The molecule has 0 heterocycles. The van der Waals surface area contributed by atoms with E-state index in [-0.39, 0.29) is 18.0 Å². The molecule has 94 valence electrons. The summed E-state index contributed by atoms with van der Waals surface area (Å²) in [6.45, 7) is 3.95. The summed E-state index contributed by atoms with van der Waals surface area (Å²) in [6.07, 6.45) is 0.710. The first-order valence-corrected chi connectivity index (χ1v) is 5.59. The van der Waals surface area contributed by atoms with Crippen molar-refractivity contribution < 1.29 is 9.66 Å². The average molecular weight is 259 g/mol. The summed E-state index contributed by atoms with van der Waals surface area (Å²) in [5.74, 6) is 0.146. The van der Waals surface area contributed by atoms with Crippen molar-refractivity contribution in [1.82, 2.24) is 0 Å². The van der Waals surface area contributed by atoms with E-state index < -0.39 is 10.5 Å². The Morgan fingerprint density at radius 1 is 1.59 bits per heavy atom. The highest BCUT2D eigenvalue weighted by Crippen LogP contribution is 2.30. The van der Waals surface area contributed by atoms with E-state index in [9.17, 15) is 10.1 Å². The van der Waals surface area contributed by atoms with Gasteiger partial charge in [-0.05, 0) is 19.4 Å². The van der Waals surface area contributed by atoms with Gasteiger partial charge >= 0.3 is 5.69 Å². The van der Waals surface area contributed by atoms with Gasteiger partial charge in [-0.25, -0.2) is 0 Å². The van der Waals surface area contributed by atoms with Gasteiger partial charge in [0, 0.05) is 22.7 Å². The maximum Gasteiger partial charge on any atom is 0.311 e. The van der Waals surface area contributed by atoms with E-state index in [1.165, 1.54) is 18.2 Å². The van der Waals surface area contributed by atoms with Crippen molar-refractivity contribution >= 4 is 17.3 Å². The molecule has 0 fully saturated rings. The largest absolute Gasteiger partial charge is 0.485 e. The van der Waals surface area contributed by atoms with E-state index in [0.717, 1.165) is 0 Å². The number of halogens is 1. The van der Waals surface area contributed by atoms with Crippen LogP contribution < -0.4 is 10.5 Å². The van der Waals surface area contributed by atoms with Gasteiger partial charge in [0.05, 0.1) is 4.92 Å². The van der Waals surface area contributed by atoms with Crippen molar-refractivity contribution in [2.75, 3.05) is 6.61 Å². The zero-order valence-corrected chi connectivity index (χ0v) is 10.5. The average Bonchev–Trinajstić information content (AvgIpc) is 2.26. The van der Waals surface area contributed by atoms with Crippen LogP contribution in [0.25, 0.3) is 0 Å². The van der Waals surface area contributed by atoms with Crippen LogP contribution in [0.2, 0.25) is 5.02 Å². The van der Waals surface area contributed by atoms with Gasteiger partial charge in [-0.15, -0.1) is 0 Å². The zero-order valence-electron chi connectivity index (χ0n) is 9.77. The summed E-state index contributed by atoms with van der Waals surface area (Å²) in [5, 5.41) is 11.2. The van der Waals surface area contributed by atoms with Crippen LogP contribution in [0, 0.1) is 10.1 Å². The summed E-state index contributed by atoms with van der Waals surface area (Å²) >= 11 is 5.77. The summed E-state index contributed by atoms with van der Waals surface area (Å²) in [5.41, 5.74) is 5.27. The molecule has 0 amide bonds. The molecule has 0 aromatic heterocycles. The Bertz CT molecular complexity index is 421. The van der Waals surface area contributed by atoms with Gasteiger partial charge in [-0.1, -0.05) is 18.5 Å². The van der Waals surface area contributed by atoms with Crippen LogP contribution in [0.5, 0.6) is 5.75 Å². The van der Waals surface area contributed by atoms with Gasteiger partial charge in [0.2, 0.25) is 0 Å². The number of hydrogen-bond donors (Lipinski definition) is 1. The van der Waals surface area contributed by atoms with Crippen LogP contribution in [-0.4, -0.2) is 17.1 Å². The van der Waals surface area contributed by atoms with Crippen molar-refractivity contribution in [3.8, 4) is 5.75 Å². The van der Waals surface area contributed by atoms with Gasteiger partial charge in [-0.3, -0.25) is 10.1 Å². The minimum atomic E-state index is -0.518. The van der Waals surface area contributed by atoms with E-state index >= 15 is 0 Å². The molecule has 0 spiro atoms. The first-order valence-electron chi connectivity index (χ1n) is 5.21. The molecule has 17 heavy (non-hydrogen) atoms. The van der Waals surface area contributed by atoms with Gasteiger partial charge in [0.25, 0.3) is 0 Å². The van der Waals surface area contributed by atoms with Crippen LogP contribution in [0.15, 0.2) is 18.2 Å². The number of benzene rings is 1. The Balaban J connectivity index is 2.89. The number of nitrogens with zero attached hydrogens (tertiary/aromatic N) is 1. The third kappa shape index (κ3) is 3.87. The predicted octanol–water partition coefficient (Wildman–Crippen LogP) is 2.75. The minimum Gasteiger partial charge on any atom is -0.485 e. The van der Waals surface area contributed by atoms with Crippen LogP contribution >= 0.6 is 11.6 Å². The van der Waals surface area contributed by atoms with Gasteiger partial charge in [-0.2, -0.15) is 0 Å². The molecule has 1 aromatic rings. The Hall–Kier alpha value is -1.33. The molecule has 0 saturated heterocycles. The third-order valence-corrected chi connectivity index (χ3v) is 2.72. The van der Waals surface area contributed by atoms with Crippen molar-refractivity contribution in [2.45, 2.75) is 25.8 Å². The lowest BCUT2D eigenvalue weighted by Gasteiger charge is -2.22. The van der Waals surface area contributed by atoms with Gasteiger partial charge < -0.3 is 10.5 Å². The Morgan fingerprint density at radius 2 is 2.24 bits per heavy atom. The molecule has 0 aliphatic rings. The number of nitrogens with two attached hydrogens (primary N) is 1. The van der Waals surface area contributed by atoms with Crippen LogP contribution in [0.3, 0.4) is 0 Å². The molecular formula is C11H15ClN2O3. The summed E-state index contributed by atoms with van der Waals surface area (Å²) in [4.78, 5) is 10.3. The maximum atomic E-state index is 10.8. The third-order valence-electron chi connectivity index (χ3n) is 2.48. The van der Waals surface area contributed by atoms with Crippen molar-refractivity contribution in [3.63, 3.8) is 0 Å². The first kappa shape index (κ1) is 13.7. The second-order valence-corrected chi connectivity index (χ2v) is 4.60. The van der Waals surface area contributed by atoms with E-state index in [2.05, 4.69) is 0 Å². The van der Waals surface area contributed by atoms with Gasteiger partial charge in [0.15, 0.2) is 5.75 Å². The number of ether oxygens (including phenoxy) is 1. The fraction of sp³-hybridized carbons (Fsp3) is 0.455. The summed E-state index contributed by atoms with van der Waals surface area (Å²) in [7, 11) is 0. The van der Waals surface area contributed by atoms with Crippen molar-refractivity contribution in [1.29, 1.82) is 0 Å². The first-order chi connectivity index (χ1) is 7.85. The molecule has 0 aliphatic carbocycles. The minimum absolute atomic E-state index is 0.110. The molecule has 0 bridgehead atoms. The zero-order chi connectivity index (χ0) is 13.1. The highest BCUT2D eigenvalue weighted by molar-refractivity contribution is 6.30. The highest BCUT2D eigenvalue weighted by Gasteiger charge is 2.20. The van der Waals surface area contributed by atoms with E-state index in [0.29, 0.717) is 11.4 Å². The second kappa shape index (κ2) is 5.33. The molecule has 0 radical (unpaired) electrons.